The number of carbonyl (C=O) groups is 1. The van der Waals surface area contributed by atoms with E-state index in [0.29, 0.717) is 22.6 Å². The normalized spacial score (nSPS) is 11.2. The zero-order chi connectivity index (χ0) is 21.1. The molecule has 0 atom stereocenters. The molecule has 1 amide bonds. The maximum absolute atomic E-state index is 13.1. The minimum atomic E-state index is -3.36. The first-order chi connectivity index (χ1) is 14.4. The Labute approximate surface area is 174 Å². The number of hydrogen-bond donors (Lipinski definition) is 2. The van der Waals surface area contributed by atoms with E-state index in [4.69, 9.17) is 4.98 Å². The second kappa shape index (κ2) is 7.96. The second-order valence-corrected chi connectivity index (χ2v) is 8.59. The first kappa shape index (κ1) is 19.6. The molecule has 7 heteroatoms. The summed E-state index contributed by atoms with van der Waals surface area (Å²) in [5.74, 6) is -0.269. The molecule has 0 radical (unpaired) electrons. The summed E-state index contributed by atoms with van der Waals surface area (Å²) >= 11 is 0. The van der Waals surface area contributed by atoms with E-state index in [1.54, 1.807) is 30.3 Å². The van der Waals surface area contributed by atoms with Crippen molar-refractivity contribution in [1.82, 2.24) is 4.98 Å². The van der Waals surface area contributed by atoms with Gasteiger partial charge in [-0.1, -0.05) is 48.5 Å². The largest absolute Gasteiger partial charge is 0.322 e. The van der Waals surface area contributed by atoms with Crippen LogP contribution in [0.5, 0.6) is 0 Å². The number of aromatic nitrogens is 1. The monoisotopic (exact) mass is 417 g/mol. The Balaban J connectivity index is 1.67. The molecule has 0 aliphatic carbocycles. The van der Waals surface area contributed by atoms with Crippen LogP contribution in [0.2, 0.25) is 0 Å². The minimum absolute atomic E-state index is 0.269. The van der Waals surface area contributed by atoms with Crippen molar-refractivity contribution in [2.45, 2.75) is 0 Å². The average molecular weight is 417 g/mol. The fraction of sp³-hybridized carbons (Fsp3) is 0.0435. The minimum Gasteiger partial charge on any atom is -0.322 e. The maximum Gasteiger partial charge on any atom is 0.256 e. The Morgan fingerprint density at radius 3 is 2.17 bits per heavy atom. The molecular formula is C23H19N3O3S. The molecule has 1 aromatic heterocycles. The van der Waals surface area contributed by atoms with Crippen LogP contribution < -0.4 is 10.0 Å². The smallest absolute Gasteiger partial charge is 0.256 e. The zero-order valence-electron chi connectivity index (χ0n) is 16.2. The highest BCUT2D eigenvalue weighted by atomic mass is 32.2. The molecular weight excluding hydrogens is 398 g/mol. The predicted molar refractivity (Wildman–Crippen MR) is 120 cm³/mol. The van der Waals surface area contributed by atoms with Crippen molar-refractivity contribution in [3.8, 4) is 11.3 Å². The maximum atomic E-state index is 13.1. The number of hydrogen-bond acceptors (Lipinski definition) is 4. The van der Waals surface area contributed by atoms with E-state index < -0.39 is 10.0 Å². The Morgan fingerprint density at radius 1 is 0.833 bits per heavy atom. The molecule has 0 bridgehead atoms. The Hall–Kier alpha value is -3.71. The Bertz CT molecular complexity index is 1320. The number of sulfonamides is 1. The molecule has 0 aliphatic rings. The van der Waals surface area contributed by atoms with Crippen molar-refractivity contribution in [3.05, 3.63) is 90.5 Å². The molecule has 0 saturated carbocycles. The molecule has 0 unspecified atom stereocenters. The summed E-state index contributed by atoms with van der Waals surface area (Å²) in [5, 5.41) is 3.63. The van der Waals surface area contributed by atoms with E-state index in [-0.39, 0.29) is 5.91 Å². The van der Waals surface area contributed by atoms with Crippen molar-refractivity contribution < 1.29 is 13.2 Å². The highest BCUT2D eigenvalue weighted by Crippen LogP contribution is 2.26. The number of rotatable bonds is 5. The van der Waals surface area contributed by atoms with E-state index in [0.717, 1.165) is 22.7 Å². The molecule has 6 nitrogen and oxygen atoms in total. The van der Waals surface area contributed by atoms with E-state index in [1.165, 1.54) is 0 Å². The van der Waals surface area contributed by atoms with Crippen LogP contribution in [0.25, 0.3) is 22.2 Å². The number of nitrogens with one attached hydrogen (secondary N) is 2. The summed E-state index contributed by atoms with van der Waals surface area (Å²) in [4.78, 5) is 17.8. The summed E-state index contributed by atoms with van der Waals surface area (Å²) in [6.45, 7) is 0. The molecule has 2 N–H and O–H groups in total. The topological polar surface area (TPSA) is 88.2 Å². The molecule has 30 heavy (non-hydrogen) atoms. The fourth-order valence-corrected chi connectivity index (χ4v) is 3.72. The van der Waals surface area contributed by atoms with E-state index >= 15 is 0 Å². The van der Waals surface area contributed by atoms with E-state index in [2.05, 4.69) is 10.0 Å². The highest BCUT2D eigenvalue weighted by molar-refractivity contribution is 7.92. The molecule has 150 valence electrons. The van der Waals surface area contributed by atoms with Gasteiger partial charge in [0.2, 0.25) is 10.0 Å². The average Bonchev–Trinajstić information content (AvgIpc) is 2.74. The number of pyridine rings is 1. The third-order valence-electron chi connectivity index (χ3n) is 4.48. The van der Waals surface area contributed by atoms with Crippen LogP contribution in [0.15, 0.2) is 84.9 Å². The van der Waals surface area contributed by atoms with Gasteiger partial charge in [0.1, 0.15) is 0 Å². The number of anilines is 2. The standard InChI is InChI=1S/C23H19N3O3S/c1-30(28,29)26-18-13-11-17(12-14-18)24-23(27)20-15-22(16-7-3-2-4-8-16)25-21-10-6-5-9-19(20)21/h2-15,26H,1H3,(H,24,27). The fourth-order valence-electron chi connectivity index (χ4n) is 3.15. The third-order valence-corrected chi connectivity index (χ3v) is 5.08. The van der Waals surface area contributed by atoms with Gasteiger partial charge in [-0.2, -0.15) is 0 Å². The van der Waals surface area contributed by atoms with Gasteiger partial charge in [0.15, 0.2) is 0 Å². The molecule has 3 aromatic carbocycles. The van der Waals surface area contributed by atoms with E-state index in [9.17, 15) is 13.2 Å². The van der Waals surface area contributed by atoms with Gasteiger partial charge in [-0.25, -0.2) is 13.4 Å². The van der Waals surface area contributed by atoms with Crippen molar-refractivity contribution in [2.75, 3.05) is 16.3 Å². The Morgan fingerprint density at radius 2 is 1.47 bits per heavy atom. The van der Waals surface area contributed by atoms with Crippen molar-refractivity contribution >= 4 is 38.2 Å². The van der Waals surface area contributed by atoms with Crippen LogP contribution in [0.3, 0.4) is 0 Å². The second-order valence-electron chi connectivity index (χ2n) is 6.84. The summed E-state index contributed by atoms with van der Waals surface area (Å²) in [5.41, 5.74) is 3.87. The number of carbonyl (C=O) groups excluding carboxylic acids is 1. The van der Waals surface area contributed by atoms with Crippen LogP contribution in [0, 0.1) is 0 Å². The summed E-state index contributed by atoms with van der Waals surface area (Å²) in [7, 11) is -3.36. The van der Waals surface area contributed by atoms with Gasteiger partial charge < -0.3 is 5.32 Å². The van der Waals surface area contributed by atoms with Crippen LogP contribution in [-0.2, 0) is 10.0 Å². The first-order valence-electron chi connectivity index (χ1n) is 9.23. The number of para-hydroxylation sites is 1. The third kappa shape index (κ3) is 4.47. The molecule has 1 heterocycles. The van der Waals surface area contributed by atoms with Crippen LogP contribution in [0.4, 0.5) is 11.4 Å². The summed E-state index contributed by atoms with van der Waals surface area (Å²) in [6, 6.07) is 25.5. The lowest BCUT2D eigenvalue weighted by atomic mass is 10.0. The van der Waals surface area contributed by atoms with Gasteiger partial charge in [0.25, 0.3) is 5.91 Å². The lowest BCUT2D eigenvalue weighted by molar-refractivity contribution is 0.102. The first-order valence-corrected chi connectivity index (χ1v) is 11.1. The van der Waals surface area contributed by atoms with Gasteiger partial charge in [-0.15, -0.1) is 0 Å². The van der Waals surface area contributed by atoms with Crippen LogP contribution >= 0.6 is 0 Å². The number of benzene rings is 3. The van der Waals surface area contributed by atoms with Gasteiger partial charge in [-0.3, -0.25) is 9.52 Å². The van der Waals surface area contributed by atoms with Gasteiger partial charge >= 0.3 is 0 Å². The lowest BCUT2D eigenvalue weighted by Crippen LogP contribution is -2.13. The van der Waals surface area contributed by atoms with Crippen LogP contribution in [-0.4, -0.2) is 25.6 Å². The van der Waals surface area contributed by atoms with Gasteiger partial charge in [0, 0.05) is 22.3 Å². The van der Waals surface area contributed by atoms with E-state index in [1.807, 2.05) is 54.6 Å². The number of amides is 1. The molecule has 0 saturated heterocycles. The molecule has 0 fully saturated rings. The molecule has 0 aliphatic heterocycles. The summed E-state index contributed by atoms with van der Waals surface area (Å²) < 4.78 is 25.1. The van der Waals surface area contributed by atoms with Gasteiger partial charge in [-0.05, 0) is 36.4 Å². The molecule has 4 aromatic rings. The summed E-state index contributed by atoms with van der Waals surface area (Å²) in [6.07, 6.45) is 1.08. The van der Waals surface area contributed by atoms with Crippen molar-refractivity contribution in [1.29, 1.82) is 0 Å². The molecule has 4 rings (SSSR count). The quantitative estimate of drug-likeness (QED) is 0.500. The Kier molecular flexibility index (Phi) is 5.20. The van der Waals surface area contributed by atoms with Crippen molar-refractivity contribution in [2.24, 2.45) is 0 Å². The van der Waals surface area contributed by atoms with Gasteiger partial charge in [0.05, 0.1) is 23.0 Å². The SMILES string of the molecule is CS(=O)(=O)Nc1ccc(NC(=O)c2cc(-c3ccccc3)nc3ccccc23)cc1. The predicted octanol–water partition coefficient (Wildman–Crippen LogP) is 4.53. The van der Waals surface area contributed by atoms with Crippen LogP contribution in [0.1, 0.15) is 10.4 Å². The number of fused-ring (bicyclic) bond motifs is 1. The zero-order valence-corrected chi connectivity index (χ0v) is 17.0. The lowest BCUT2D eigenvalue weighted by Gasteiger charge is -2.11. The molecule has 0 spiro atoms. The number of nitrogens with zero attached hydrogens (tertiary/aromatic N) is 1. The van der Waals surface area contributed by atoms with Crippen molar-refractivity contribution in [3.63, 3.8) is 0 Å². The highest BCUT2D eigenvalue weighted by Gasteiger charge is 2.14.